The Morgan fingerprint density at radius 2 is 2.15 bits per heavy atom. The quantitative estimate of drug-likeness (QED) is 0.851. The zero-order valence-corrected chi connectivity index (χ0v) is 10.4. The van der Waals surface area contributed by atoms with Crippen molar-refractivity contribution in [2.45, 2.75) is 25.1 Å². The van der Waals surface area contributed by atoms with Gasteiger partial charge in [-0.1, -0.05) is 0 Å². The third-order valence-electron chi connectivity index (χ3n) is 3.24. The number of halogens is 3. The molecule has 3 heterocycles. The van der Waals surface area contributed by atoms with Gasteiger partial charge in [0.1, 0.15) is 12.1 Å². The Morgan fingerprint density at radius 1 is 1.35 bits per heavy atom. The summed E-state index contributed by atoms with van der Waals surface area (Å²) < 4.78 is 39.8. The molecule has 9 heteroatoms. The van der Waals surface area contributed by atoms with Gasteiger partial charge < -0.3 is 10.0 Å². The van der Waals surface area contributed by atoms with Gasteiger partial charge in [-0.15, -0.1) is 0 Å². The fourth-order valence-corrected chi connectivity index (χ4v) is 2.33. The predicted molar refractivity (Wildman–Crippen MR) is 63.2 cm³/mol. The number of anilines is 1. The molecule has 0 spiro atoms. The van der Waals surface area contributed by atoms with Gasteiger partial charge in [0, 0.05) is 19.2 Å². The molecule has 1 N–H and O–H groups in total. The van der Waals surface area contributed by atoms with Crippen LogP contribution in [-0.4, -0.2) is 43.9 Å². The molecule has 0 saturated carbocycles. The van der Waals surface area contributed by atoms with E-state index >= 15 is 0 Å². The molecular weight excluding hydrogens is 275 g/mol. The highest BCUT2D eigenvalue weighted by molar-refractivity contribution is 5.48. The third kappa shape index (κ3) is 2.28. The van der Waals surface area contributed by atoms with Crippen LogP contribution in [0, 0.1) is 0 Å². The van der Waals surface area contributed by atoms with Crippen molar-refractivity contribution < 1.29 is 18.3 Å². The van der Waals surface area contributed by atoms with Crippen LogP contribution in [-0.2, 0) is 6.18 Å². The van der Waals surface area contributed by atoms with Crippen molar-refractivity contribution >= 4 is 11.6 Å². The minimum Gasteiger partial charge on any atom is -0.391 e. The molecule has 108 valence electrons. The molecule has 20 heavy (non-hydrogen) atoms. The van der Waals surface area contributed by atoms with E-state index in [2.05, 4.69) is 15.1 Å². The molecule has 2 aromatic rings. The summed E-state index contributed by atoms with van der Waals surface area (Å²) in [6.07, 6.45) is -2.58. The number of alkyl halides is 3. The van der Waals surface area contributed by atoms with Gasteiger partial charge in [-0.3, -0.25) is 0 Å². The highest BCUT2D eigenvalue weighted by Gasteiger charge is 2.35. The first-order chi connectivity index (χ1) is 9.45. The summed E-state index contributed by atoms with van der Waals surface area (Å²) in [5.41, 5.74) is -1.01. The van der Waals surface area contributed by atoms with Crippen molar-refractivity contribution in [3.63, 3.8) is 0 Å². The average Bonchev–Trinajstić information content (AvgIpc) is 2.84. The summed E-state index contributed by atoms with van der Waals surface area (Å²) in [4.78, 5) is 8.85. The lowest BCUT2D eigenvalue weighted by Crippen LogP contribution is -2.39. The summed E-state index contributed by atoms with van der Waals surface area (Å²) in [5, 5.41) is 13.6. The van der Waals surface area contributed by atoms with Gasteiger partial charge in [0.05, 0.1) is 6.10 Å². The van der Waals surface area contributed by atoms with Crippen molar-refractivity contribution in [3.8, 4) is 0 Å². The predicted octanol–water partition coefficient (Wildman–Crippen LogP) is 1.10. The molecule has 0 amide bonds. The van der Waals surface area contributed by atoms with Gasteiger partial charge in [0.2, 0.25) is 0 Å². The van der Waals surface area contributed by atoms with Crippen LogP contribution < -0.4 is 4.90 Å². The molecule has 0 radical (unpaired) electrons. The normalized spacial score (nSPS) is 20.6. The van der Waals surface area contributed by atoms with Gasteiger partial charge in [-0.2, -0.15) is 27.8 Å². The van der Waals surface area contributed by atoms with E-state index in [1.807, 2.05) is 0 Å². The Morgan fingerprint density at radius 3 is 2.85 bits per heavy atom. The molecule has 1 saturated heterocycles. The molecule has 0 bridgehead atoms. The molecule has 0 aliphatic carbocycles. The summed E-state index contributed by atoms with van der Waals surface area (Å²) >= 11 is 0. The SMILES string of the molecule is O[C@@H]1CCCN(c2cc(C(F)(F)F)nc3ncnn23)C1. The summed E-state index contributed by atoms with van der Waals surface area (Å²) in [7, 11) is 0. The lowest BCUT2D eigenvalue weighted by atomic mass is 10.1. The number of hydrogen-bond donors (Lipinski definition) is 1. The van der Waals surface area contributed by atoms with Crippen molar-refractivity contribution in [1.29, 1.82) is 0 Å². The standard InChI is InChI=1S/C11H12F3N5O/c12-11(13,14)8-4-9(18-3-1-2-7(20)5-18)19-10(17-8)15-6-16-19/h4,6-7,20H,1-3,5H2/t7-/m1/s1. The molecule has 0 unspecified atom stereocenters. The topological polar surface area (TPSA) is 66.5 Å². The van der Waals surface area contributed by atoms with Gasteiger partial charge in [-0.25, -0.2) is 4.98 Å². The van der Waals surface area contributed by atoms with E-state index in [9.17, 15) is 18.3 Å². The van der Waals surface area contributed by atoms with E-state index in [0.29, 0.717) is 19.4 Å². The lowest BCUT2D eigenvalue weighted by molar-refractivity contribution is -0.141. The molecule has 3 rings (SSSR count). The number of β-amino-alcohol motifs (C(OH)–C–C–N with tert-alkyl or cyclic N) is 1. The number of fused-ring (bicyclic) bond motifs is 1. The van der Waals surface area contributed by atoms with Crippen LogP contribution in [0.15, 0.2) is 12.4 Å². The van der Waals surface area contributed by atoms with Gasteiger partial charge in [0.15, 0.2) is 5.69 Å². The van der Waals surface area contributed by atoms with E-state index in [-0.39, 0.29) is 18.1 Å². The number of aliphatic hydroxyl groups is 1. The first-order valence-electron chi connectivity index (χ1n) is 6.16. The largest absolute Gasteiger partial charge is 0.433 e. The summed E-state index contributed by atoms with van der Waals surface area (Å²) in [5.74, 6) is 0.147. The highest BCUT2D eigenvalue weighted by atomic mass is 19.4. The van der Waals surface area contributed by atoms with Crippen LogP contribution in [0.25, 0.3) is 5.78 Å². The van der Waals surface area contributed by atoms with Crippen molar-refractivity contribution in [1.82, 2.24) is 19.6 Å². The fourth-order valence-electron chi connectivity index (χ4n) is 2.33. The highest BCUT2D eigenvalue weighted by Crippen LogP contribution is 2.31. The molecule has 6 nitrogen and oxygen atoms in total. The van der Waals surface area contributed by atoms with Crippen molar-refractivity contribution in [3.05, 3.63) is 18.1 Å². The van der Waals surface area contributed by atoms with Crippen LogP contribution >= 0.6 is 0 Å². The Bertz CT molecular complexity index is 626. The third-order valence-corrected chi connectivity index (χ3v) is 3.24. The minimum atomic E-state index is -4.54. The van der Waals surface area contributed by atoms with Crippen LogP contribution in [0.2, 0.25) is 0 Å². The second kappa shape index (κ2) is 4.58. The molecule has 1 atom stereocenters. The number of rotatable bonds is 1. The average molecular weight is 287 g/mol. The lowest BCUT2D eigenvalue weighted by Gasteiger charge is -2.31. The van der Waals surface area contributed by atoms with E-state index in [1.54, 1.807) is 4.90 Å². The molecule has 1 aliphatic heterocycles. The smallest absolute Gasteiger partial charge is 0.391 e. The number of aromatic nitrogens is 4. The summed E-state index contributed by atoms with van der Waals surface area (Å²) in [6, 6.07) is 0.944. The number of hydrogen-bond acceptors (Lipinski definition) is 5. The van der Waals surface area contributed by atoms with Crippen LogP contribution in [0.5, 0.6) is 0 Å². The van der Waals surface area contributed by atoms with Crippen molar-refractivity contribution in [2.75, 3.05) is 18.0 Å². The molecule has 2 aromatic heterocycles. The first-order valence-corrected chi connectivity index (χ1v) is 6.16. The maximum absolute atomic E-state index is 12.9. The summed E-state index contributed by atoms with van der Waals surface area (Å²) in [6.45, 7) is 0.837. The van der Waals surface area contributed by atoms with E-state index < -0.39 is 18.0 Å². The van der Waals surface area contributed by atoms with E-state index in [1.165, 1.54) is 4.52 Å². The van der Waals surface area contributed by atoms with Crippen LogP contribution in [0.3, 0.4) is 0 Å². The van der Waals surface area contributed by atoms with E-state index in [4.69, 9.17) is 0 Å². The Kier molecular flexibility index (Phi) is 3.00. The minimum absolute atomic E-state index is 0.102. The first kappa shape index (κ1) is 13.1. The Hall–Kier alpha value is -1.90. The Balaban J connectivity index is 2.10. The maximum atomic E-state index is 12.9. The van der Waals surface area contributed by atoms with Crippen LogP contribution in [0.4, 0.5) is 19.0 Å². The van der Waals surface area contributed by atoms with Crippen molar-refractivity contribution in [2.24, 2.45) is 0 Å². The van der Waals surface area contributed by atoms with Crippen LogP contribution in [0.1, 0.15) is 18.5 Å². The molecule has 1 aliphatic rings. The van der Waals surface area contributed by atoms with E-state index in [0.717, 1.165) is 12.4 Å². The van der Waals surface area contributed by atoms with Gasteiger partial charge in [-0.05, 0) is 12.8 Å². The second-order valence-corrected chi connectivity index (χ2v) is 4.71. The second-order valence-electron chi connectivity index (χ2n) is 4.71. The fraction of sp³-hybridized carbons (Fsp3) is 0.545. The van der Waals surface area contributed by atoms with Gasteiger partial charge >= 0.3 is 6.18 Å². The number of nitrogens with zero attached hydrogens (tertiary/aromatic N) is 5. The number of aliphatic hydroxyl groups excluding tert-OH is 1. The molecule has 1 fully saturated rings. The number of piperidine rings is 1. The zero-order valence-electron chi connectivity index (χ0n) is 10.4. The molecule has 0 aromatic carbocycles. The zero-order chi connectivity index (χ0) is 14.3. The van der Waals surface area contributed by atoms with Gasteiger partial charge in [0.25, 0.3) is 5.78 Å². The Labute approximate surface area is 111 Å². The maximum Gasteiger partial charge on any atom is 0.433 e. The monoisotopic (exact) mass is 287 g/mol. The molecular formula is C11H12F3N5O.